The van der Waals surface area contributed by atoms with Crippen molar-refractivity contribution in [1.29, 1.82) is 0 Å². The molecule has 2 amide bonds. The van der Waals surface area contributed by atoms with E-state index in [1.165, 1.54) is 6.92 Å². The molecule has 0 aliphatic carbocycles. The summed E-state index contributed by atoms with van der Waals surface area (Å²) in [7, 11) is 0. The van der Waals surface area contributed by atoms with E-state index in [2.05, 4.69) is 12.2 Å². The van der Waals surface area contributed by atoms with E-state index in [1.54, 1.807) is 0 Å². The van der Waals surface area contributed by atoms with Gasteiger partial charge in [-0.2, -0.15) is 0 Å². The molecule has 5 heteroatoms. The highest BCUT2D eigenvalue weighted by molar-refractivity contribution is 5.88. The molecule has 0 bridgehead atoms. The van der Waals surface area contributed by atoms with Crippen LogP contribution in [0.25, 0.3) is 0 Å². The Morgan fingerprint density at radius 1 is 1.20 bits per heavy atom. The van der Waals surface area contributed by atoms with Crippen molar-refractivity contribution in [3.05, 3.63) is 53.5 Å². The van der Waals surface area contributed by atoms with Crippen LogP contribution in [0.4, 0.5) is 5.69 Å². The normalized spacial score (nSPS) is 16.9. The first-order valence-electron chi connectivity index (χ1n) is 8.81. The smallest absolute Gasteiger partial charge is 0.227 e. The summed E-state index contributed by atoms with van der Waals surface area (Å²) in [5.74, 6) is 1.87. The number of likely N-dealkylation sites (tertiary alicyclic amines) is 1. The molecule has 3 rings (SSSR count). The van der Waals surface area contributed by atoms with E-state index < -0.39 is 0 Å². The predicted molar refractivity (Wildman–Crippen MR) is 96.2 cm³/mol. The first-order valence-corrected chi connectivity index (χ1v) is 8.81. The minimum atomic E-state index is -0.103. The van der Waals surface area contributed by atoms with Crippen molar-refractivity contribution in [1.82, 2.24) is 4.90 Å². The maximum Gasteiger partial charge on any atom is 0.227 e. The van der Waals surface area contributed by atoms with Gasteiger partial charge in [-0.3, -0.25) is 9.59 Å². The third-order valence-corrected chi connectivity index (χ3v) is 4.56. The zero-order chi connectivity index (χ0) is 17.8. The van der Waals surface area contributed by atoms with Gasteiger partial charge in [0, 0.05) is 25.6 Å². The minimum Gasteiger partial charge on any atom is -0.464 e. The Morgan fingerprint density at radius 2 is 1.96 bits per heavy atom. The molecule has 1 saturated heterocycles. The van der Waals surface area contributed by atoms with Gasteiger partial charge in [-0.25, -0.2) is 0 Å². The van der Waals surface area contributed by atoms with Gasteiger partial charge in [0.2, 0.25) is 11.8 Å². The van der Waals surface area contributed by atoms with Crippen molar-refractivity contribution >= 4 is 17.5 Å². The lowest BCUT2D eigenvalue weighted by Crippen LogP contribution is -2.31. The number of benzene rings is 1. The number of hydrogen-bond donors (Lipinski definition) is 1. The molecule has 25 heavy (non-hydrogen) atoms. The summed E-state index contributed by atoms with van der Waals surface area (Å²) in [6.45, 7) is 4.31. The number of carbonyl (C=O) groups excluding carboxylic acids is 2. The second-order valence-electron chi connectivity index (χ2n) is 6.46. The third-order valence-electron chi connectivity index (χ3n) is 4.56. The number of amides is 2. The maximum atomic E-state index is 12.8. The molecule has 2 heterocycles. The first-order chi connectivity index (χ1) is 12.1. The molecule has 0 unspecified atom stereocenters. The molecule has 1 aromatic heterocycles. The number of aryl methyl sites for hydroxylation is 1. The van der Waals surface area contributed by atoms with E-state index >= 15 is 0 Å². The molecule has 1 fully saturated rings. The van der Waals surface area contributed by atoms with Crippen molar-refractivity contribution in [2.45, 2.75) is 45.6 Å². The van der Waals surface area contributed by atoms with E-state index in [9.17, 15) is 9.59 Å². The Bertz CT molecular complexity index is 749. The van der Waals surface area contributed by atoms with Gasteiger partial charge in [0.25, 0.3) is 0 Å². The fraction of sp³-hybridized carbons (Fsp3) is 0.400. The van der Waals surface area contributed by atoms with E-state index in [0.29, 0.717) is 6.42 Å². The van der Waals surface area contributed by atoms with Crippen molar-refractivity contribution in [2.24, 2.45) is 0 Å². The fourth-order valence-corrected chi connectivity index (χ4v) is 3.31. The van der Waals surface area contributed by atoms with Gasteiger partial charge in [0.1, 0.15) is 11.5 Å². The first kappa shape index (κ1) is 17.3. The lowest BCUT2D eigenvalue weighted by Gasteiger charge is -2.23. The standard InChI is InChI=1S/C20H24N2O3/c1-3-17-10-11-19(25-17)18-5-4-12-22(18)20(24)13-15-6-8-16(9-7-15)21-14(2)23/h6-11,18H,3-5,12-13H2,1-2H3,(H,21,23)/t18-/m0/s1. The molecular weight excluding hydrogens is 316 g/mol. The summed E-state index contributed by atoms with van der Waals surface area (Å²) >= 11 is 0. The van der Waals surface area contributed by atoms with Gasteiger partial charge in [-0.1, -0.05) is 19.1 Å². The molecule has 2 aromatic rings. The van der Waals surface area contributed by atoms with Crippen molar-refractivity contribution < 1.29 is 14.0 Å². The molecule has 1 N–H and O–H groups in total. The molecule has 5 nitrogen and oxygen atoms in total. The van der Waals surface area contributed by atoms with Gasteiger partial charge in [0.15, 0.2) is 0 Å². The average molecular weight is 340 g/mol. The van der Waals surface area contributed by atoms with Crippen LogP contribution in [-0.4, -0.2) is 23.3 Å². The second-order valence-corrected chi connectivity index (χ2v) is 6.46. The third kappa shape index (κ3) is 4.10. The lowest BCUT2D eigenvalue weighted by molar-refractivity contribution is -0.131. The highest BCUT2D eigenvalue weighted by Gasteiger charge is 2.31. The topological polar surface area (TPSA) is 62.6 Å². The average Bonchev–Trinajstić information content (AvgIpc) is 3.24. The van der Waals surface area contributed by atoms with Crippen LogP contribution in [-0.2, 0) is 22.4 Å². The summed E-state index contributed by atoms with van der Waals surface area (Å²) in [6, 6.07) is 11.5. The summed E-state index contributed by atoms with van der Waals surface area (Å²) < 4.78 is 5.87. The predicted octanol–water partition coefficient (Wildman–Crippen LogP) is 3.71. The zero-order valence-electron chi connectivity index (χ0n) is 14.7. The van der Waals surface area contributed by atoms with Crippen LogP contribution in [0.5, 0.6) is 0 Å². The number of nitrogens with one attached hydrogen (secondary N) is 1. The Labute approximate surface area is 148 Å². The van der Waals surface area contributed by atoms with Crippen LogP contribution in [0.2, 0.25) is 0 Å². The maximum absolute atomic E-state index is 12.8. The van der Waals surface area contributed by atoms with E-state index in [-0.39, 0.29) is 17.9 Å². The SMILES string of the molecule is CCc1ccc([C@@H]2CCCN2C(=O)Cc2ccc(NC(C)=O)cc2)o1. The number of carbonyl (C=O) groups is 2. The Balaban J connectivity index is 1.66. The minimum absolute atomic E-state index is 0.0476. The number of hydrogen-bond acceptors (Lipinski definition) is 3. The molecule has 0 saturated carbocycles. The lowest BCUT2D eigenvalue weighted by atomic mass is 10.1. The Hall–Kier alpha value is -2.56. The van der Waals surface area contributed by atoms with Crippen LogP contribution < -0.4 is 5.32 Å². The zero-order valence-corrected chi connectivity index (χ0v) is 14.7. The fourth-order valence-electron chi connectivity index (χ4n) is 3.31. The van der Waals surface area contributed by atoms with E-state index in [4.69, 9.17) is 4.42 Å². The summed E-state index contributed by atoms with van der Waals surface area (Å²) in [5.41, 5.74) is 1.68. The Kier molecular flexibility index (Phi) is 5.22. The van der Waals surface area contributed by atoms with Gasteiger partial charge >= 0.3 is 0 Å². The van der Waals surface area contributed by atoms with Gasteiger partial charge in [0.05, 0.1) is 12.5 Å². The molecule has 1 aliphatic heterocycles. The van der Waals surface area contributed by atoms with Crippen LogP contribution in [0.3, 0.4) is 0 Å². The number of furan rings is 1. The van der Waals surface area contributed by atoms with Gasteiger partial charge < -0.3 is 14.6 Å². The summed E-state index contributed by atoms with van der Waals surface area (Å²) in [5, 5.41) is 2.73. The summed E-state index contributed by atoms with van der Waals surface area (Å²) in [6.07, 6.45) is 3.17. The number of nitrogens with zero attached hydrogens (tertiary/aromatic N) is 1. The van der Waals surface area contributed by atoms with Crippen LogP contribution >= 0.6 is 0 Å². The summed E-state index contributed by atoms with van der Waals surface area (Å²) in [4.78, 5) is 25.7. The number of rotatable bonds is 5. The van der Waals surface area contributed by atoms with Crippen LogP contribution in [0.1, 0.15) is 49.8 Å². The van der Waals surface area contributed by atoms with Gasteiger partial charge in [-0.05, 0) is 42.7 Å². The molecule has 1 aliphatic rings. The van der Waals surface area contributed by atoms with E-state index in [1.807, 2.05) is 41.3 Å². The highest BCUT2D eigenvalue weighted by Crippen LogP contribution is 2.33. The largest absolute Gasteiger partial charge is 0.464 e. The van der Waals surface area contributed by atoms with E-state index in [0.717, 1.165) is 48.6 Å². The molecule has 0 spiro atoms. The van der Waals surface area contributed by atoms with Crippen LogP contribution in [0.15, 0.2) is 40.8 Å². The molecule has 132 valence electrons. The molecule has 1 atom stereocenters. The van der Waals surface area contributed by atoms with Crippen LogP contribution in [0, 0.1) is 0 Å². The quantitative estimate of drug-likeness (QED) is 0.902. The van der Waals surface area contributed by atoms with Crippen molar-refractivity contribution in [2.75, 3.05) is 11.9 Å². The molecular formula is C20H24N2O3. The number of anilines is 1. The molecule has 0 radical (unpaired) electrons. The van der Waals surface area contributed by atoms with Crippen molar-refractivity contribution in [3.63, 3.8) is 0 Å². The Morgan fingerprint density at radius 3 is 2.60 bits per heavy atom. The second kappa shape index (κ2) is 7.55. The van der Waals surface area contributed by atoms with Crippen molar-refractivity contribution in [3.8, 4) is 0 Å². The molecule has 1 aromatic carbocycles. The highest BCUT2D eigenvalue weighted by atomic mass is 16.3. The monoisotopic (exact) mass is 340 g/mol. The van der Waals surface area contributed by atoms with Gasteiger partial charge in [-0.15, -0.1) is 0 Å².